The summed E-state index contributed by atoms with van der Waals surface area (Å²) >= 11 is 0. The topological polar surface area (TPSA) is 29.3 Å². The lowest BCUT2D eigenvalue weighted by Gasteiger charge is -2.65. The van der Waals surface area contributed by atoms with Crippen LogP contribution in [0.25, 0.3) is 0 Å². The fraction of sp³-hybridized carbons (Fsp3) is 1.00. The Morgan fingerprint density at radius 3 is 2.32 bits per heavy atom. The smallest absolute Gasteiger partial charge is 0.0220 e. The summed E-state index contributed by atoms with van der Waals surface area (Å²) in [6.45, 7) is 4.99. The average Bonchev–Trinajstić information content (AvgIpc) is 2.78. The summed E-state index contributed by atoms with van der Waals surface area (Å²) in [6.07, 6.45) is 13.2. The van der Waals surface area contributed by atoms with Gasteiger partial charge in [0.15, 0.2) is 0 Å². The van der Waals surface area contributed by atoms with Crippen molar-refractivity contribution in [3.8, 4) is 0 Å². The van der Waals surface area contributed by atoms with Crippen LogP contribution >= 0.6 is 0 Å². The highest BCUT2D eigenvalue weighted by Gasteiger charge is 2.59. The molecular weight excluding hydrogens is 232 g/mol. The van der Waals surface area contributed by atoms with Gasteiger partial charge < -0.3 is 5.73 Å². The van der Waals surface area contributed by atoms with Crippen LogP contribution in [-0.4, -0.2) is 29.6 Å². The molecule has 0 aromatic heterocycles. The molecule has 4 saturated carbocycles. The molecular formula is C17H30N2. The fourth-order valence-electron chi connectivity index (χ4n) is 6.89. The summed E-state index contributed by atoms with van der Waals surface area (Å²) in [5.74, 6) is 2.06. The predicted molar refractivity (Wildman–Crippen MR) is 78.9 cm³/mol. The van der Waals surface area contributed by atoms with Crippen LogP contribution in [0.5, 0.6) is 0 Å². The minimum atomic E-state index is 0.395. The van der Waals surface area contributed by atoms with Crippen molar-refractivity contribution in [1.82, 2.24) is 4.90 Å². The van der Waals surface area contributed by atoms with Crippen LogP contribution in [0.1, 0.15) is 64.7 Å². The number of hydrogen-bond acceptors (Lipinski definition) is 2. The number of rotatable bonds is 3. The van der Waals surface area contributed by atoms with Crippen molar-refractivity contribution in [3.63, 3.8) is 0 Å². The second-order valence-electron chi connectivity index (χ2n) is 8.56. The highest BCUT2D eigenvalue weighted by Crippen LogP contribution is 2.64. The molecule has 5 rings (SSSR count). The Morgan fingerprint density at radius 1 is 1.11 bits per heavy atom. The van der Waals surface area contributed by atoms with Crippen LogP contribution in [-0.2, 0) is 0 Å². The second-order valence-corrected chi connectivity index (χ2v) is 8.56. The lowest BCUT2D eigenvalue weighted by molar-refractivity contribution is -0.131. The van der Waals surface area contributed by atoms with E-state index in [4.69, 9.17) is 5.73 Å². The molecule has 3 atom stereocenters. The van der Waals surface area contributed by atoms with E-state index in [0.29, 0.717) is 17.0 Å². The molecule has 4 bridgehead atoms. The first kappa shape index (κ1) is 12.6. The average molecular weight is 262 g/mol. The standard InChI is InChI=1S/C17H30N2/c1-13(18)7-16-8-14-6-15(9-16)11-17(10-14,12-16)19-4-2-3-5-19/h13-15H,2-12,18H2,1H3. The quantitative estimate of drug-likeness (QED) is 0.846. The molecule has 0 aromatic rings. The third-order valence-electron chi connectivity index (χ3n) is 6.68. The molecule has 5 fully saturated rings. The molecule has 0 amide bonds. The van der Waals surface area contributed by atoms with Gasteiger partial charge in [0.05, 0.1) is 0 Å². The molecule has 0 radical (unpaired) electrons. The van der Waals surface area contributed by atoms with E-state index in [1.165, 1.54) is 70.9 Å². The van der Waals surface area contributed by atoms with E-state index in [2.05, 4.69) is 11.8 Å². The van der Waals surface area contributed by atoms with E-state index in [-0.39, 0.29) is 0 Å². The third kappa shape index (κ3) is 1.98. The first-order valence-corrected chi connectivity index (χ1v) is 8.60. The van der Waals surface area contributed by atoms with E-state index < -0.39 is 0 Å². The van der Waals surface area contributed by atoms with Crippen molar-refractivity contribution < 1.29 is 0 Å². The lowest BCUT2D eigenvalue weighted by atomic mass is 9.45. The summed E-state index contributed by atoms with van der Waals surface area (Å²) < 4.78 is 0. The molecule has 1 aliphatic heterocycles. The van der Waals surface area contributed by atoms with Gasteiger partial charge in [0, 0.05) is 11.6 Å². The SMILES string of the molecule is CC(N)CC12CC3CC(C1)CC(N1CCCC1)(C3)C2. The van der Waals surface area contributed by atoms with Gasteiger partial charge in [-0.1, -0.05) is 0 Å². The van der Waals surface area contributed by atoms with Crippen molar-refractivity contribution >= 4 is 0 Å². The van der Waals surface area contributed by atoms with Crippen molar-refractivity contribution in [3.05, 3.63) is 0 Å². The van der Waals surface area contributed by atoms with Crippen LogP contribution in [0.2, 0.25) is 0 Å². The molecule has 0 spiro atoms. The van der Waals surface area contributed by atoms with Gasteiger partial charge in [0.2, 0.25) is 0 Å². The normalized spacial score (nSPS) is 50.8. The molecule has 19 heavy (non-hydrogen) atoms. The van der Waals surface area contributed by atoms with Crippen molar-refractivity contribution in [1.29, 1.82) is 0 Å². The largest absolute Gasteiger partial charge is 0.328 e. The summed E-state index contributed by atoms with van der Waals surface area (Å²) in [4.78, 5) is 2.90. The Hall–Kier alpha value is -0.0800. The molecule has 1 heterocycles. The van der Waals surface area contributed by atoms with E-state index in [1.54, 1.807) is 0 Å². The molecule has 0 aromatic carbocycles. The van der Waals surface area contributed by atoms with Gasteiger partial charge in [-0.05, 0) is 95.1 Å². The monoisotopic (exact) mass is 262 g/mol. The maximum absolute atomic E-state index is 6.20. The number of likely N-dealkylation sites (tertiary alicyclic amines) is 1. The first-order chi connectivity index (χ1) is 9.09. The molecule has 2 heteroatoms. The summed E-state index contributed by atoms with van der Waals surface area (Å²) in [7, 11) is 0. The van der Waals surface area contributed by atoms with Crippen LogP contribution in [0.15, 0.2) is 0 Å². The zero-order valence-electron chi connectivity index (χ0n) is 12.5. The van der Waals surface area contributed by atoms with Gasteiger partial charge in [-0.3, -0.25) is 4.90 Å². The zero-order valence-corrected chi connectivity index (χ0v) is 12.5. The lowest BCUT2D eigenvalue weighted by Crippen LogP contribution is -2.63. The van der Waals surface area contributed by atoms with Gasteiger partial charge in [0.1, 0.15) is 0 Å². The molecule has 3 unspecified atom stereocenters. The molecule has 5 aliphatic rings. The minimum absolute atomic E-state index is 0.395. The zero-order chi connectivity index (χ0) is 13.1. The summed E-state index contributed by atoms with van der Waals surface area (Å²) in [5, 5.41) is 0. The van der Waals surface area contributed by atoms with Crippen LogP contribution in [0, 0.1) is 17.3 Å². The number of hydrogen-bond donors (Lipinski definition) is 1. The van der Waals surface area contributed by atoms with Gasteiger partial charge in [-0.15, -0.1) is 0 Å². The van der Waals surface area contributed by atoms with Crippen LogP contribution in [0.3, 0.4) is 0 Å². The maximum Gasteiger partial charge on any atom is 0.0220 e. The third-order valence-corrected chi connectivity index (χ3v) is 6.68. The molecule has 1 saturated heterocycles. The Balaban J connectivity index is 1.63. The van der Waals surface area contributed by atoms with Crippen molar-refractivity contribution in [2.45, 2.75) is 76.3 Å². The summed E-state index contributed by atoms with van der Waals surface area (Å²) in [5.41, 5.74) is 7.43. The van der Waals surface area contributed by atoms with Gasteiger partial charge >= 0.3 is 0 Å². The molecule has 108 valence electrons. The Labute approximate surface area is 118 Å². The Kier molecular flexibility index (Phi) is 2.80. The molecule has 2 nitrogen and oxygen atoms in total. The fourth-order valence-corrected chi connectivity index (χ4v) is 6.89. The van der Waals surface area contributed by atoms with Gasteiger partial charge in [-0.2, -0.15) is 0 Å². The van der Waals surface area contributed by atoms with E-state index in [1.807, 2.05) is 0 Å². The number of nitrogens with two attached hydrogens (primary N) is 1. The van der Waals surface area contributed by atoms with Crippen LogP contribution < -0.4 is 5.73 Å². The first-order valence-electron chi connectivity index (χ1n) is 8.60. The molecule has 2 N–H and O–H groups in total. The molecule has 4 aliphatic carbocycles. The predicted octanol–water partition coefficient (Wildman–Crippen LogP) is 3.16. The summed E-state index contributed by atoms with van der Waals surface area (Å²) in [6, 6.07) is 0.395. The Bertz CT molecular complexity index is 337. The van der Waals surface area contributed by atoms with E-state index in [9.17, 15) is 0 Å². The van der Waals surface area contributed by atoms with Crippen molar-refractivity contribution in [2.75, 3.05) is 13.1 Å². The maximum atomic E-state index is 6.20. The number of nitrogens with zero attached hydrogens (tertiary/aromatic N) is 1. The highest BCUT2D eigenvalue weighted by atomic mass is 15.2. The second kappa shape index (κ2) is 4.21. The highest BCUT2D eigenvalue weighted by molar-refractivity contribution is 5.13. The Morgan fingerprint density at radius 2 is 1.74 bits per heavy atom. The van der Waals surface area contributed by atoms with Crippen LogP contribution in [0.4, 0.5) is 0 Å². The van der Waals surface area contributed by atoms with E-state index >= 15 is 0 Å². The van der Waals surface area contributed by atoms with Gasteiger partial charge in [-0.25, -0.2) is 0 Å². The minimum Gasteiger partial charge on any atom is -0.328 e. The van der Waals surface area contributed by atoms with E-state index in [0.717, 1.165) is 11.8 Å². The van der Waals surface area contributed by atoms with Gasteiger partial charge in [0.25, 0.3) is 0 Å². The van der Waals surface area contributed by atoms with Crippen molar-refractivity contribution in [2.24, 2.45) is 23.0 Å².